The molecule has 7 N–H and O–H groups in total. The zero-order chi connectivity index (χ0) is 102. The van der Waals surface area contributed by atoms with Gasteiger partial charge in [-0.05, 0) is 291 Å². The molecule has 10 heterocycles. The van der Waals surface area contributed by atoms with Gasteiger partial charge in [0.25, 0.3) is 0 Å². The van der Waals surface area contributed by atoms with Gasteiger partial charge in [-0.3, -0.25) is 9.69 Å². The number of hydrogen-bond acceptors (Lipinski definition) is 29. The minimum atomic E-state index is -2.50. The number of carbonyl (C=O) groups excluding carboxylic acids is 1. The summed E-state index contributed by atoms with van der Waals surface area (Å²) < 4.78 is 67.8. The van der Waals surface area contributed by atoms with Crippen molar-refractivity contribution in [3.8, 4) is 17.2 Å². The number of methoxy groups -OCH3 is 3. The fourth-order valence-electron chi connectivity index (χ4n) is 19.7. The molecule has 12 aromatic rings. The maximum absolute atomic E-state index is 13.0. The summed E-state index contributed by atoms with van der Waals surface area (Å²) in [6, 6.07) is 54.9. The van der Waals surface area contributed by atoms with E-state index >= 15 is 0 Å². The molecule has 8 aromatic carbocycles. The van der Waals surface area contributed by atoms with Gasteiger partial charge in [-0.25, -0.2) is 24.9 Å². The number of rotatable bonds is 29. The maximum Gasteiger partial charge on any atom is 0.229 e. The number of benzene rings is 8. The molecule has 0 radical (unpaired) electrons. The van der Waals surface area contributed by atoms with Crippen molar-refractivity contribution in [1.82, 2.24) is 54.6 Å². The van der Waals surface area contributed by atoms with Crippen LogP contribution < -0.4 is 87.3 Å². The molecule has 0 saturated carbocycles. The molecule has 1 aliphatic carbocycles. The van der Waals surface area contributed by atoms with E-state index in [1.807, 2.05) is 104 Å². The van der Waals surface area contributed by atoms with Crippen LogP contribution in [-0.2, 0) is 31.1 Å². The predicted octanol–water partition coefficient (Wildman–Crippen LogP) is 22.5. The molecule has 6 saturated heterocycles. The highest BCUT2D eigenvalue weighted by Gasteiger charge is 2.34. The third-order valence-electron chi connectivity index (χ3n) is 27.5. The van der Waals surface area contributed by atoms with Crippen LogP contribution in [0.2, 0.25) is 15.1 Å². The van der Waals surface area contributed by atoms with E-state index < -0.39 is 28.6 Å². The average Bonchev–Trinajstić information content (AvgIpc) is 1.57. The number of halogens is 3. The lowest BCUT2D eigenvalue weighted by Crippen LogP contribution is -2.50. The minimum absolute atomic E-state index is 0.0553. The summed E-state index contributed by atoms with van der Waals surface area (Å²) in [6.45, 7) is 33.5. The number of likely N-dealkylation sites (tertiary alicyclic amines) is 2. The first kappa shape index (κ1) is 105. The molecule has 6 aliphatic heterocycles. The summed E-state index contributed by atoms with van der Waals surface area (Å²) in [6.07, 6.45) is 23.0. The number of nitrogens with one attached hydrogen (secondary N) is 7. The van der Waals surface area contributed by atoms with Crippen LogP contribution in [0.15, 0.2) is 188 Å². The summed E-state index contributed by atoms with van der Waals surface area (Å²) in [7, 11) is -4.83. The number of aromatic nitrogens is 8. The van der Waals surface area contributed by atoms with Crippen molar-refractivity contribution in [2.24, 2.45) is 0 Å². The molecule has 7 aliphatic rings. The SMILES string of the molecule is COc1cc(C(C)=O)ccc1Nc1nc(Nc2ccc(P(C)(C)=O)cc2C)ncc1Cl.COc1cc(N2CCC(N3CCCC3)CC2)ccc1Cc1nc2c(c(Nc3ccccc3P(C)(C)=O)n1)C=CC2.COc1cc(N2CCC(N3CCCC3)CC2)ccc1Nc1ncc(Cl)c(Nc2ccccc2P(C)(C)=O)n1.Cc1cc(N2CCN3CCCC3C2)ccc1Nc1ncc(Cl)c(Nc2ccccc2P(C)(C)=O)n1. The normalized spacial score (nSPS) is 16.3. The van der Waals surface area contributed by atoms with Crippen LogP contribution >= 0.6 is 63.4 Å². The van der Waals surface area contributed by atoms with E-state index in [1.54, 1.807) is 98.1 Å². The lowest BCUT2D eigenvalue weighted by atomic mass is 10.0. The van der Waals surface area contributed by atoms with Gasteiger partial charge in [0.1, 0.15) is 72.5 Å². The second kappa shape index (κ2) is 46.9. The monoisotopic (exact) mass is 2080 g/mol. The molecule has 1 unspecified atom stereocenters. The van der Waals surface area contributed by atoms with Gasteiger partial charge in [-0.15, -0.1) is 0 Å². The molecule has 0 bridgehead atoms. The highest BCUT2D eigenvalue weighted by atomic mass is 35.5. The summed E-state index contributed by atoms with van der Waals surface area (Å²) in [5.74, 6) is 5.99. The average molecular weight is 2080 g/mol. The maximum atomic E-state index is 13.0. The Labute approximate surface area is 861 Å². The molecule has 29 nitrogen and oxygen atoms in total. The molecule has 19 rings (SSSR count). The molecule has 6 fully saturated rings. The van der Waals surface area contributed by atoms with Crippen LogP contribution in [-0.4, -0.2) is 232 Å². The first-order valence-corrected chi connectivity index (χ1v) is 60.8. The van der Waals surface area contributed by atoms with Gasteiger partial charge in [-0.2, -0.15) is 15.0 Å². The number of ether oxygens (including phenoxy) is 3. The summed E-state index contributed by atoms with van der Waals surface area (Å²) in [5.41, 5.74) is 14.7. The van der Waals surface area contributed by atoms with Gasteiger partial charge in [-0.1, -0.05) is 89.4 Å². The van der Waals surface area contributed by atoms with Crippen molar-refractivity contribution >= 4 is 194 Å². The van der Waals surface area contributed by atoms with E-state index in [1.165, 1.54) is 129 Å². The molecule has 1 atom stereocenters. The van der Waals surface area contributed by atoms with E-state index in [0.29, 0.717) is 85.5 Å². The van der Waals surface area contributed by atoms with E-state index in [9.17, 15) is 23.1 Å². The molecule has 36 heteroatoms. The number of anilines is 17. The molecular formula is C108H132Cl3N21O8P4. The van der Waals surface area contributed by atoms with Crippen LogP contribution in [0, 0.1) is 13.8 Å². The van der Waals surface area contributed by atoms with Crippen LogP contribution in [0.3, 0.4) is 0 Å². The quantitative estimate of drug-likeness (QED) is 0.0169. The number of para-hydroxylation sites is 3. The van der Waals surface area contributed by atoms with Gasteiger partial charge < -0.3 is 94.2 Å². The van der Waals surface area contributed by atoms with Gasteiger partial charge in [0, 0.05) is 155 Å². The fourth-order valence-corrected chi connectivity index (χ4v) is 24.5. The second-order valence-corrected chi connectivity index (χ2v) is 53.2. The number of piperidine rings is 2. The fraction of sp³-hybridized carbons (Fsp3) is 0.380. The van der Waals surface area contributed by atoms with Crippen molar-refractivity contribution in [2.45, 2.75) is 116 Å². The Kier molecular flexibility index (Phi) is 34.4. The lowest BCUT2D eigenvalue weighted by Gasteiger charge is -2.39. The van der Waals surface area contributed by atoms with Gasteiger partial charge >= 0.3 is 0 Å². The van der Waals surface area contributed by atoms with Crippen molar-refractivity contribution in [3.05, 3.63) is 243 Å². The number of carbonyl (C=O) groups is 1. The van der Waals surface area contributed by atoms with Crippen molar-refractivity contribution in [2.75, 3.05) is 205 Å². The molecule has 4 aromatic heterocycles. The number of Topliss-reactive ketones (excluding diaryl/α,β-unsaturated/α-hetero) is 1. The van der Waals surface area contributed by atoms with E-state index in [-0.39, 0.29) is 5.78 Å². The summed E-state index contributed by atoms with van der Waals surface area (Å²) in [5, 5.41) is 27.1. The summed E-state index contributed by atoms with van der Waals surface area (Å²) >= 11 is 19.1. The zero-order valence-electron chi connectivity index (χ0n) is 84.6. The number of ketones is 1. The highest BCUT2D eigenvalue weighted by molar-refractivity contribution is 7.71. The summed E-state index contributed by atoms with van der Waals surface area (Å²) in [4.78, 5) is 63.6. The van der Waals surface area contributed by atoms with Crippen molar-refractivity contribution < 1.29 is 37.3 Å². The van der Waals surface area contributed by atoms with Crippen molar-refractivity contribution in [3.63, 3.8) is 0 Å². The second-order valence-electron chi connectivity index (χ2n) is 39.2. The lowest BCUT2D eigenvalue weighted by molar-refractivity contribution is 0.101. The predicted molar refractivity (Wildman–Crippen MR) is 598 cm³/mol. The molecule has 0 spiro atoms. The Balaban J connectivity index is 0.000000138. The Morgan fingerprint density at radius 1 is 0.389 bits per heavy atom. The van der Waals surface area contributed by atoms with Crippen LogP contribution in [0.1, 0.15) is 115 Å². The molecule has 0 amide bonds. The van der Waals surface area contributed by atoms with Crippen LogP contribution in [0.4, 0.5) is 98.0 Å². The first-order valence-electron chi connectivity index (χ1n) is 49.3. The Hall–Kier alpha value is -11.4. The number of nitrogens with zero attached hydrogens (tertiary/aromatic N) is 14. The number of fused-ring (bicyclic) bond motifs is 2. The van der Waals surface area contributed by atoms with Crippen LogP contribution in [0.25, 0.3) is 6.08 Å². The zero-order valence-corrected chi connectivity index (χ0v) is 90.5. The van der Waals surface area contributed by atoms with E-state index in [4.69, 9.17) is 59.0 Å². The Morgan fingerprint density at radius 3 is 1.27 bits per heavy atom. The highest BCUT2D eigenvalue weighted by Crippen LogP contribution is 2.46. The Bertz CT molecular complexity index is 6850. The molecule has 144 heavy (non-hydrogen) atoms. The number of aryl methyl sites for hydroxylation is 2. The largest absolute Gasteiger partial charge is 0.496 e. The third-order valence-corrected chi connectivity index (χ3v) is 34.5. The van der Waals surface area contributed by atoms with Crippen LogP contribution in [0.5, 0.6) is 17.2 Å². The third kappa shape index (κ3) is 26.7. The van der Waals surface area contributed by atoms with E-state index in [2.05, 4.69) is 164 Å². The molecule has 758 valence electrons. The van der Waals surface area contributed by atoms with Gasteiger partial charge in [0.2, 0.25) is 17.8 Å². The number of hydrogen-bond donors (Lipinski definition) is 7. The van der Waals surface area contributed by atoms with Crippen molar-refractivity contribution in [1.29, 1.82) is 0 Å². The smallest absolute Gasteiger partial charge is 0.229 e. The Morgan fingerprint density at radius 2 is 0.799 bits per heavy atom. The number of allylic oxidation sites excluding steroid dienone is 1. The minimum Gasteiger partial charge on any atom is -0.496 e. The topological polar surface area (TPSA) is 320 Å². The van der Waals surface area contributed by atoms with Gasteiger partial charge in [0.05, 0.1) is 74.1 Å². The molecular weight excluding hydrogens is 1950 g/mol. The number of piperazine rings is 1. The first-order chi connectivity index (χ1) is 69.1. The van der Waals surface area contributed by atoms with E-state index in [0.717, 1.165) is 171 Å². The van der Waals surface area contributed by atoms with Gasteiger partial charge in [0.15, 0.2) is 23.2 Å². The standard InChI is InChI=1S/C32H40N5O2P.C28H36ClN6O2P.C26H32ClN6OP.C22H24ClN4O3P/c1-39-29-22-25(37-19-15-24(16-20-37)36-17-6-7-18-36)14-13-23(29)21-31-33-27-11-8-9-26(27)32(35-31)34-28-10-4-5-12-30(28)40(2,3)38;1-37-25-18-21(35-16-12-20(13-17-35)34-14-6-7-15-34)10-11-23(25)32-28-30-19-22(29)27(33-28)31-24-8-4-5-9-26(24)38(2,3)36;1-18-15-19(33-14-13-32-12-6-7-20(32)17-33)10-11-22(18)30-26-28-16-21(27)25(31-26)29-23-8-4-5-9-24(23)35(2,3)34;1-13-10-16(31(4,5)29)7-9-18(13)26-22-24-12-17(23)21(27-22)25-19-8-6-15(14(2)28)11-20(19)30-3/h4-5,8-10,12-14,22,24H,6-7,11,15-21H2,1-3H3,(H,33,34,35);4-5,8-11,18-20H,6-7,12-17H2,1-3H3,(H2,30,31,32,33);4-5,8-11,15-16,20H,6-7,12-14,17H2,1-3H3,(H2,28,29,30,31);6-12H,1-5H3,(H2,24,25,26,27).